The lowest BCUT2D eigenvalue weighted by Gasteiger charge is -2.31. The van der Waals surface area contributed by atoms with Crippen molar-refractivity contribution in [2.24, 2.45) is 22.6 Å². The number of benzene rings is 1. The predicted molar refractivity (Wildman–Crippen MR) is 109 cm³/mol. The van der Waals surface area contributed by atoms with Crippen molar-refractivity contribution in [2.75, 3.05) is 18.0 Å². The summed E-state index contributed by atoms with van der Waals surface area (Å²) in [5, 5.41) is 2.88. The summed E-state index contributed by atoms with van der Waals surface area (Å²) in [6.07, 6.45) is 4.38. The molecule has 2 saturated heterocycles. The summed E-state index contributed by atoms with van der Waals surface area (Å²) >= 11 is 0. The van der Waals surface area contributed by atoms with E-state index in [-0.39, 0.29) is 17.9 Å². The highest BCUT2D eigenvalue weighted by molar-refractivity contribution is 6.23. The number of rotatable bonds is 4. The van der Waals surface area contributed by atoms with E-state index in [9.17, 15) is 9.59 Å². The molecule has 3 fully saturated rings. The van der Waals surface area contributed by atoms with Crippen LogP contribution in [0.25, 0.3) is 0 Å². The van der Waals surface area contributed by atoms with E-state index >= 15 is 0 Å². The van der Waals surface area contributed by atoms with E-state index in [1.54, 1.807) is 12.1 Å². The van der Waals surface area contributed by atoms with Crippen LogP contribution in [0.5, 0.6) is 0 Å². The molecule has 1 saturated carbocycles. The first-order chi connectivity index (χ1) is 13.4. The zero-order chi connectivity index (χ0) is 19.9. The third-order valence-electron chi connectivity index (χ3n) is 6.21. The summed E-state index contributed by atoms with van der Waals surface area (Å²) in [5.41, 5.74) is 6.98. The fourth-order valence-electron chi connectivity index (χ4n) is 4.25. The molecule has 2 heterocycles. The molecule has 3 N–H and O–H groups in total. The highest BCUT2D eigenvalue weighted by atomic mass is 16.2. The summed E-state index contributed by atoms with van der Waals surface area (Å²) in [7, 11) is 0. The van der Waals surface area contributed by atoms with Gasteiger partial charge in [0.05, 0.1) is 12.2 Å². The lowest BCUT2D eigenvalue weighted by Crippen LogP contribution is -2.46. The fraction of sp³-hybridized carbons (Fsp3) is 0.571. The van der Waals surface area contributed by atoms with Crippen molar-refractivity contribution in [2.45, 2.75) is 51.6 Å². The van der Waals surface area contributed by atoms with Crippen molar-refractivity contribution < 1.29 is 9.59 Å². The van der Waals surface area contributed by atoms with E-state index in [2.05, 4.69) is 22.1 Å². The number of urea groups is 1. The maximum absolute atomic E-state index is 12.8. The van der Waals surface area contributed by atoms with Crippen LogP contribution in [0.1, 0.15) is 45.1 Å². The Morgan fingerprint density at radius 3 is 2.61 bits per heavy atom. The summed E-state index contributed by atoms with van der Waals surface area (Å²) in [6.45, 7) is 6.47. The van der Waals surface area contributed by atoms with E-state index < -0.39 is 5.54 Å². The smallest absolute Gasteiger partial charge is 0.329 e. The van der Waals surface area contributed by atoms with Crippen LogP contribution in [0.3, 0.4) is 0 Å². The Kier molecular flexibility index (Phi) is 4.77. The molecule has 3 amide bonds. The summed E-state index contributed by atoms with van der Waals surface area (Å²) in [4.78, 5) is 33.1. The maximum Gasteiger partial charge on any atom is 0.329 e. The molecule has 150 valence electrons. The van der Waals surface area contributed by atoms with Crippen LogP contribution < -0.4 is 16.0 Å². The van der Waals surface area contributed by atoms with E-state index in [4.69, 9.17) is 5.73 Å². The van der Waals surface area contributed by atoms with Crippen LogP contribution in [0.4, 0.5) is 10.5 Å². The molecule has 1 aromatic rings. The van der Waals surface area contributed by atoms with Gasteiger partial charge in [-0.1, -0.05) is 19.1 Å². The van der Waals surface area contributed by atoms with Crippen molar-refractivity contribution in [3.05, 3.63) is 29.8 Å². The number of carbonyl (C=O) groups is 2. The van der Waals surface area contributed by atoms with Crippen LogP contribution in [0.15, 0.2) is 29.3 Å². The summed E-state index contributed by atoms with van der Waals surface area (Å²) in [5.74, 6) is 1.33. The minimum atomic E-state index is -0.764. The molecule has 7 heteroatoms. The van der Waals surface area contributed by atoms with Gasteiger partial charge in [0.1, 0.15) is 5.54 Å². The molecule has 1 aliphatic carbocycles. The van der Waals surface area contributed by atoms with E-state index in [0.717, 1.165) is 37.9 Å². The number of guanidine groups is 1. The van der Waals surface area contributed by atoms with Gasteiger partial charge in [0.15, 0.2) is 5.96 Å². The van der Waals surface area contributed by atoms with Gasteiger partial charge < -0.3 is 16.0 Å². The number of likely N-dealkylation sites (tertiary alicyclic amines) is 1. The van der Waals surface area contributed by atoms with E-state index in [0.29, 0.717) is 24.1 Å². The molecule has 28 heavy (non-hydrogen) atoms. The van der Waals surface area contributed by atoms with Crippen LogP contribution >= 0.6 is 0 Å². The first-order valence-corrected chi connectivity index (χ1v) is 10.2. The third-order valence-corrected chi connectivity index (χ3v) is 6.21. The average Bonchev–Trinajstić information content (AvgIpc) is 3.49. The molecule has 2 aliphatic heterocycles. The second kappa shape index (κ2) is 7.11. The molecule has 2 atom stereocenters. The van der Waals surface area contributed by atoms with E-state index in [1.807, 2.05) is 19.1 Å². The summed E-state index contributed by atoms with van der Waals surface area (Å²) in [6, 6.07) is 7.07. The van der Waals surface area contributed by atoms with Crippen molar-refractivity contribution in [3.8, 4) is 0 Å². The van der Waals surface area contributed by atoms with Crippen molar-refractivity contribution in [1.82, 2.24) is 10.2 Å². The largest absolute Gasteiger partial charge is 0.370 e. The Labute approximate surface area is 166 Å². The second-order valence-corrected chi connectivity index (χ2v) is 8.58. The van der Waals surface area contributed by atoms with Gasteiger partial charge >= 0.3 is 6.03 Å². The zero-order valence-corrected chi connectivity index (χ0v) is 16.6. The second-order valence-electron chi connectivity index (χ2n) is 8.58. The molecule has 7 nitrogen and oxygen atoms in total. The number of aliphatic imine (C=N–C) groups is 1. The molecule has 2 unspecified atom stereocenters. The Bertz CT molecular complexity index is 802. The first kappa shape index (κ1) is 18.8. The van der Waals surface area contributed by atoms with Crippen LogP contribution in [0.2, 0.25) is 0 Å². The monoisotopic (exact) mass is 383 g/mol. The standard InChI is InChI=1S/C21H29N5O2/c1-14-4-3-11-25(13-14)19(22)23-12-15-5-9-17(10-6-15)26-18(27)21(2,16-7-8-16)24-20(26)28/h5-6,9-10,14,16H,3-4,7-8,11-13H2,1-2H3,(H2,22,23)(H,24,28). The number of nitrogens with one attached hydrogen (secondary N) is 1. The number of carbonyl (C=O) groups excluding carboxylic acids is 2. The SMILES string of the molecule is CC1CCCN(C(N)=NCc2ccc(N3C(=O)NC(C)(C4CC4)C3=O)cc2)C1. The molecule has 0 bridgehead atoms. The Hall–Kier alpha value is -2.57. The van der Waals surface area contributed by atoms with Gasteiger partial charge in [-0.2, -0.15) is 0 Å². The van der Waals surface area contributed by atoms with Gasteiger partial charge in [0, 0.05) is 13.1 Å². The topological polar surface area (TPSA) is 91.0 Å². The molecule has 3 aliphatic rings. The third kappa shape index (κ3) is 3.45. The Balaban J connectivity index is 1.42. The van der Waals surface area contributed by atoms with Gasteiger partial charge in [0.25, 0.3) is 5.91 Å². The molecule has 1 aromatic carbocycles. The minimum Gasteiger partial charge on any atom is -0.370 e. The van der Waals surface area contributed by atoms with E-state index in [1.165, 1.54) is 11.3 Å². The first-order valence-electron chi connectivity index (χ1n) is 10.2. The zero-order valence-electron chi connectivity index (χ0n) is 16.6. The number of amides is 3. The predicted octanol–water partition coefficient (Wildman–Crippen LogP) is 2.46. The number of anilines is 1. The molecule has 4 rings (SSSR count). The lowest BCUT2D eigenvalue weighted by molar-refractivity contribution is -0.122. The molecular formula is C21H29N5O2. The average molecular weight is 383 g/mol. The van der Waals surface area contributed by atoms with Crippen LogP contribution in [0, 0.1) is 11.8 Å². The van der Waals surface area contributed by atoms with Crippen LogP contribution in [-0.2, 0) is 11.3 Å². The van der Waals surface area contributed by atoms with Gasteiger partial charge in [-0.25, -0.2) is 14.7 Å². The van der Waals surface area contributed by atoms with Crippen molar-refractivity contribution in [1.29, 1.82) is 0 Å². The Morgan fingerprint density at radius 1 is 1.25 bits per heavy atom. The minimum absolute atomic E-state index is 0.158. The van der Waals surface area contributed by atoms with Crippen molar-refractivity contribution in [3.63, 3.8) is 0 Å². The molecule has 0 spiro atoms. The fourth-order valence-corrected chi connectivity index (χ4v) is 4.25. The van der Waals surface area contributed by atoms with Crippen LogP contribution in [-0.4, -0.2) is 41.4 Å². The van der Waals surface area contributed by atoms with Gasteiger partial charge in [-0.3, -0.25) is 4.79 Å². The van der Waals surface area contributed by atoms with Gasteiger partial charge in [0.2, 0.25) is 0 Å². The number of piperidine rings is 1. The maximum atomic E-state index is 12.8. The normalized spacial score (nSPS) is 28.6. The van der Waals surface area contributed by atoms with Gasteiger partial charge in [-0.15, -0.1) is 0 Å². The molecule has 0 aromatic heterocycles. The number of hydrogen-bond donors (Lipinski definition) is 2. The molecular weight excluding hydrogens is 354 g/mol. The highest BCUT2D eigenvalue weighted by Crippen LogP contribution is 2.43. The number of nitrogens with two attached hydrogens (primary N) is 1. The number of nitrogens with zero attached hydrogens (tertiary/aromatic N) is 3. The van der Waals surface area contributed by atoms with Gasteiger partial charge in [-0.05, 0) is 62.1 Å². The highest BCUT2D eigenvalue weighted by Gasteiger charge is 2.56. The van der Waals surface area contributed by atoms with Crippen molar-refractivity contribution >= 4 is 23.6 Å². The quantitative estimate of drug-likeness (QED) is 0.475. The summed E-state index contributed by atoms with van der Waals surface area (Å²) < 4.78 is 0. The lowest BCUT2D eigenvalue weighted by atomic mass is 9.96. The number of hydrogen-bond acceptors (Lipinski definition) is 3. The Morgan fingerprint density at radius 2 is 1.96 bits per heavy atom. The molecule has 0 radical (unpaired) electrons. The number of imide groups is 1.